The molecule has 4 nitrogen and oxygen atoms in total. The summed E-state index contributed by atoms with van der Waals surface area (Å²) in [7, 11) is 6.26. The first-order valence-corrected chi connectivity index (χ1v) is 7.91. The van der Waals surface area contributed by atoms with Crippen molar-refractivity contribution in [3.05, 3.63) is 0 Å². The van der Waals surface area contributed by atoms with Gasteiger partial charge in [0.1, 0.15) is 0 Å². The number of hydrogen-bond donors (Lipinski definition) is 0. The van der Waals surface area contributed by atoms with Gasteiger partial charge in [0, 0.05) is 19.6 Å². The Morgan fingerprint density at radius 2 is 1.60 bits per heavy atom. The highest BCUT2D eigenvalue weighted by atomic mass is 16.5. The van der Waals surface area contributed by atoms with Gasteiger partial charge in [0.05, 0.1) is 24.9 Å². The molecule has 1 fully saturated rings. The third-order valence-corrected chi connectivity index (χ3v) is 3.12. The molecule has 0 atom stereocenters. The van der Waals surface area contributed by atoms with E-state index in [2.05, 4.69) is 44.5 Å². The molecule has 20 heavy (non-hydrogen) atoms. The number of piperidine rings is 1. The van der Waals surface area contributed by atoms with Crippen LogP contribution in [-0.4, -0.2) is 75.5 Å². The van der Waals surface area contributed by atoms with Crippen molar-refractivity contribution in [1.29, 1.82) is 0 Å². The number of nitrogens with zero attached hydrogens (tertiary/aromatic N) is 2. The van der Waals surface area contributed by atoms with Crippen LogP contribution in [0.25, 0.3) is 0 Å². The summed E-state index contributed by atoms with van der Waals surface area (Å²) >= 11 is 0. The third kappa shape index (κ3) is 12.9. The number of ether oxygens (including phenoxy) is 2. The molecule has 0 radical (unpaired) electrons. The molecule has 0 aromatic heterocycles. The molecular formula is C16H36N2O2. The van der Waals surface area contributed by atoms with Gasteiger partial charge in [-0.1, -0.05) is 0 Å². The molecule has 0 aromatic rings. The molecule has 0 aliphatic carbocycles. The van der Waals surface area contributed by atoms with Crippen molar-refractivity contribution < 1.29 is 9.47 Å². The Labute approximate surface area is 126 Å². The monoisotopic (exact) mass is 288 g/mol. The van der Waals surface area contributed by atoms with E-state index in [-0.39, 0.29) is 0 Å². The van der Waals surface area contributed by atoms with Crippen LogP contribution in [0.1, 0.15) is 40.5 Å². The van der Waals surface area contributed by atoms with E-state index in [0.29, 0.717) is 18.3 Å². The lowest BCUT2D eigenvalue weighted by atomic mass is 10.1. The van der Waals surface area contributed by atoms with Crippen LogP contribution < -0.4 is 0 Å². The molecule has 4 heteroatoms. The average Bonchev–Trinajstić information content (AvgIpc) is 2.31. The zero-order valence-electron chi connectivity index (χ0n) is 14.7. The number of likely N-dealkylation sites (N-methyl/N-ethyl adjacent to an activating group) is 1. The quantitative estimate of drug-likeness (QED) is 0.750. The lowest BCUT2D eigenvalue weighted by molar-refractivity contribution is -0.0232. The molecule has 0 unspecified atom stereocenters. The second-order valence-corrected chi connectivity index (χ2v) is 6.41. The summed E-state index contributed by atoms with van der Waals surface area (Å²) in [5, 5.41) is 0. The Morgan fingerprint density at radius 1 is 1.05 bits per heavy atom. The lowest BCUT2D eigenvalue weighted by Crippen LogP contribution is -2.35. The van der Waals surface area contributed by atoms with Crippen molar-refractivity contribution in [1.82, 2.24) is 9.80 Å². The molecule has 0 bridgehead atoms. The minimum atomic E-state index is 0.366. The Balaban J connectivity index is 0.000000370. The largest absolute Gasteiger partial charge is 0.377 e. The van der Waals surface area contributed by atoms with Crippen molar-refractivity contribution in [3.63, 3.8) is 0 Å². The maximum Gasteiger partial charge on any atom is 0.0603 e. The zero-order valence-corrected chi connectivity index (χ0v) is 14.7. The van der Waals surface area contributed by atoms with Crippen molar-refractivity contribution in [2.75, 3.05) is 47.4 Å². The lowest BCUT2D eigenvalue weighted by Gasteiger charge is -2.30. The van der Waals surface area contributed by atoms with E-state index in [9.17, 15) is 0 Å². The third-order valence-electron chi connectivity index (χ3n) is 3.12. The van der Waals surface area contributed by atoms with Gasteiger partial charge < -0.3 is 19.3 Å². The predicted octanol–water partition coefficient (Wildman–Crippen LogP) is 2.48. The Kier molecular flexibility index (Phi) is 11.4. The molecule has 0 amide bonds. The zero-order chi connectivity index (χ0) is 15.5. The fourth-order valence-electron chi connectivity index (χ4n) is 1.98. The normalized spacial score (nSPS) is 17.7. The minimum absolute atomic E-state index is 0.366. The second-order valence-electron chi connectivity index (χ2n) is 6.41. The summed E-state index contributed by atoms with van der Waals surface area (Å²) in [5.74, 6) is 0. The molecule has 1 aliphatic heterocycles. The average molecular weight is 288 g/mol. The Morgan fingerprint density at radius 3 is 2.00 bits per heavy atom. The summed E-state index contributed by atoms with van der Waals surface area (Å²) < 4.78 is 11.0. The molecule has 122 valence electrons. The summed E-state index contributed by atoms with van der Waals surface area (Å²) in [6.45, 7) is 12.6. The standard InChI is InChI=1S/C9H19NO.C7H17NO/c1-8(2)11-9-4-6-10(3)7-5-9;1-7(2)9-6-5-8(3)4/h8-9H,4-7H2,1-3H3;7H,5-6H2,1-4H3. The molecule has 0 N–H and O–H groups in total. The van der Waals surface area contributed by atoms with Crippen LogP contribution in [0.5, 0.6) is 0 Å². The number of rotatable bonds is 6. The van der Waals surface area contributed by atoms with Gasteiger partial charge in [-0.15, -0.1) is 0 Å². The smallest absolute Gasteiger partial charge is 0.0603 e. The molecule has 1 saturated heterocycles. The topological polar surface area (TPSA) is 24.9 Å². The maximum atomic E-state index is 5.71. The van der Waals surface area contributed by atoms with Crippen LogP contribution in [0.3, 0.4) is 0 Å². The Bertz CT molecular complexity index is 205. The predicted molar refractivity (Wildman–Crippen MR) is 86.4 cm³/mol. The molecule has 0 spiro atoms. The van der Waals surface area contributed by atoms with Crippen LogP contribution >= 0.6 is 0 Å². The second kappa shape index (κ2) is 11.5. The molecule has 1 aliphatic rings. The van der Waals surface area contributed by atoms with Gasteiger partial charge in [-0.25, -0.2) is 0 Å². The first-order chi connectivity index (χ1) is 9.31. The van der Waals surface area contributed by atoms with Gasteiger partial charge in [0.2, 0.25) is 0 Å². The maximum absolute atomic E-state index is 5.71. The van der Waals surface area contributed by atoms with Crippen LogP contribution in [0.15, 0.2) is 0 Å². The molecule has 0 aromatic carbocycles. The van der Waals surface area contributed by atoms with Gasteiger partial charge in [-0.05, 0) is 61.7 Å². The highest BCUT2D eigenvalue weighted by Gasteiger charge is 2.17. The SMILES string of the molecule is CC(C)OC1CCN(C)CC1.CC(C)OCCN(C)C. The van der Waals surface area contributed by atoms with Gasteiger partial charge in [0.25, 0.3) is 0 Å². The van der Waals surface area contributed by atoms with E-state index in [1.165, 1.54) is 25.9 Å². The van der Waals surface area contributed by atoms with E-state index in [1.54, 1.807) is 0 Å². The van der Waals surface area contributed by atoms with E-state index in [1.807, 2.05) is 14.1 Å². The summed E-state index contributed by atoms with van der Waals surface area (Å²) in [5.41, 5.74) is 0. The first-order valence-electron chi connectivity index (χ1n) is 7.91. The Hall–Kier alpha value is -0.160. The van der Waals surface area contributed by atoms with E-state index in [4.69, 9.17) is 9.47 Å². The molecular weight excluding hydrogens is 252 g/mol. The van der Waals surface area contributed by atoms with Crippen molar-refractivity contribution in [2.24, 2.45) is 0 Å². The van der Waals surface area contributed by atoms with E-state index >= 15 is 0 Å². The number of likely N-dealkylation sites (tertiary alicyclic amines) is 1. The van der Waals surface area contributed by atoms with Crippen LogP contribution in [-0.2, 0) is 9.47 Å². The van der Waals surface area contributed by atoms with Crippen LogP contribution in [0, 0.1) is 0 Å². The van der Waals surface area contributed by atoms with Crippen molar-refractivity contribution in [2.45, 2.75) is 58.8 Å². The van der Waals surface area contributed by atoms with E-state index in [0.717, 1.165) is 13.2 Å². The van der Waals surface area contributed by atoms with Crippen LogP contribution in [0.4, 0.5) is 0 Å². The molecule has 0 saturated carbocycles. The molecule has 1 heterocycles. The minimum Gasteiger partial charge on any atom is -0.377 e. The van der Waals surface area contributed by atoms with Gasteiger partial charge >= 0.3 is 0 Å². The highest BCUT2D eigenvalue weighted by molar-refractivity contribution is 4.70. The molecule has 1 rings (SSSR count). The van der Waals surface area contributed by atoms with Gasteiger partial charge in [-0.2, -0.15) is 0 Å². The van der Waals surface area contributed by atoms with Crippen molar-refractivity contribution >= 4 is 0 Å². The summed E-state index contributed by atoms with van der Waals surface area (Å²) in [4.78, 5) is 4.47. The fraction of sp³-hybridized carbons (Fsp3) is 1.00. The van der Waals surface area contributed by atoms with Gasteiger partial charge in [0.15, 0.2) is 0 Å². The summed E-state index contributed by atoms with van der Waals surface area (Å²) in [6, 6.07) is 0. The summed E-state index contributed by atoms with van der Waals surface area (Å²) in [6.07, 6.45) is 3.68. The van der Waals surface area contributed by atoms with E-state index < -0.39 is 0 Å². The number of hydrogen-bond acceptors (Lipinski definition) is 4. The van der Waals surface area contributed by atoms with Crippen molar-refractivity contribution in [3.8, 4) is 0 Å². The fourth-order valence-corrected chi connectivity index (χ4v) is 1.98. The highest BCUT2D eigenvalue weighted by Crippen LogP contribution is 2.13. The van der Waals surface area contributed by atoms with Crippen LogP contribution in [0.2, 0.25) is 0 Å². The van der Waals surface area contributed by atoms with Gasteiger partial charge in [-0.3, -0.25) is 0 Å². The first kappa shape index (κ1) is 19.8.